The van der Waals surface area contributed by atoms with Crippen molar-refractivity contribution >= 4 is 17.8 Å². The van der Waals surface area contributed by atoms with E-state index in [1.165, 1.54) is 0 Å². The normalized spacial score (nSPS) is 13.7. The van der Waals surface area contributed by atoms with Gasteiger partial charge in [0.15, 0.2) is 0 Å². The Kier molecular flexibility index (Phi) is 7.69. The van der Waals surface area contributed by atoms with Gasteiger partial charge < -0.3 is 21.9 Å². The fourth-order valence-electron chi connectivity index (χ4n) is 1.54. The van der Waals surface area contributed by atoms with E-state index >= 15 is 0 Å². The third kappa shape index (κ3) is 6.19. The molecule has 0 fully saturated rings. The van der Waals surface area contributed by atoms with E-state index in [0.717, 1.165) is 6.42 Å². The molecule has 104 valence electrons. The highest BCUT2D eigenvalue weighted by atomic mass is 16.4. The number of carboxylic acids is 1. The molecule has 0 spiro atoms. The van der Waals surface area contributed by atoms with Crippen molar-refractivity contribution in [2.45, 2.75) is 38.6 Å². The Balaban J connectivity index is 4.42. The van der Waals surface area contributed by atoms with Crippen LogP contribution in [0.1, 0.15) is 32.6 Å². The van der Waals surface area contributed by atoms with E-state index in [2.05, 4.69) is 5.32 Å². The smallest absolute Gasteiger partial charge is 0.326 e. The van der Waals surface area contributed by atoms with Crippen LogP contribution in [0.15, 0.2) is 0 Å². The molecule has 7 nitrogen and oxygen atoms in total. The summed E-state index contributed by atoms with van der Waals surface area (Å²) >= 11 is 0. The molecule has 18 heavy (non-hydrogen) atoms. The van der Waals surface area contributed by atoms with Crippen molar-refractivity contribution in [1.29, 1.82) is 0 Å². The Bertz CT molecular complexity index is 307. The first-order chi connectivity index (χ1) is 8.42. The molecule has 0 aliphatic heterocycles. The Labute approximate surface area is 106 Å². The number of carbonyl (C=O) groups excluding carboxylic acids is 2. The summed E-state index contributed by atoms with van der Waals surface area (Å²) in [6.45, 7) is 2.08. The monoisotopic (exact) mass is 259 g/mol. The molecular formula is C11H21N3O4. The molecule has 0 radical (unpaired) electrons. The summed E-state index contributed by atoms with van der Waals surface area (Å²) in [7, 11) is 0. The van der Waals surface area contributed by atoms with Crippen molar-refractivity contribution < 1.29 is 19.5 Å². The van der Waals surface area contributed by atoms with Gasteiger partial charge in [0.25, 0.3) is 0 Å². The lowest BCUT2D eigenvalue weighted by Gasteiger charge is -2.18. The Hall–Kier alpha value is -1.63. The molecule has 0 aliphatic carbocycles. The fourth-order valence-corrected chi connectivity index (χ4v) is 1.54. The molecule has 0 saturated heterocycles. The number of carboxylic acid groups (broad SMARTS) is 1. The minimum atomic E-state index is -1.18. The first kappa shape index (κ1) is 16.4. The Morgan fingerprint density at radius 3 is 2.28 bits per heavy atom. The van der Waals surface area contributed by atoms with E-state index in [1.54, 1.807) is 0 Å². The maximum absolute atomic E-state index is 11.8. The first-order valence-electron chi connectivity index (χ1n) is 5.93. The molecule has 1 unspecified atom stereocenters. The summed E-state index contributed by atoms with van der Waals surface area (Å²) in [4.78, 5) is 33.3. The zero-order valence-electron chi connectivity index (χ0n) is 10.5. The van der Waals surface area contributed by atoms with Crippen molar-refractivity contribution in [3.8, 4) is 0 Å². The van der Waals surface area contributed by atoms with Gasteiger partial charge in [-0.3, -0.25) is 9.59 Å². The lowest BCUT2D eigenvalue weighted by Crippen LogP contribution is -2.45. The standard InChI is InChI=1S/C11H21N3O4/c1-2-3-7(6-12)10(16)14-8(11(17)18)4-5-9(13)15/h7-8H,2-6,12H2,1H3,(H2,13,15)(H,14,16)(H,17,18)/t7?,8-/m1/s1. The molecule has 0 saturated carbocycles. The van der Waals surface area contributed by atoms with Crippen LogP contribution in [0.3, 0.4) is 0 Å². The van der Waals surface area contributed by atoms with Crippen LogP contribution in [0.5, 0.6) is 0 Å². The van der Waals surface area contributed by atoms with E-state index in [-0.39, 0.29) is 19.4 Å². The van der Waals surface area contributed by atoms with Crippen molar-refractivity contribution in [2.24, 2.45) is 17.4 Å². The summed E-state index contributed by atoms with van der Waals surface area (Å²) in [5.74, 6) is -2.57. The summed E-state index contributed by atoms with van der Waals surface area (Å²) < 4.78 is 0. The van der Waals surface area contributed by atoms with Gasteiger partial charge in [0.2, 0.25) is 11.8 Å². The van der Waals surface area contributed by atoms with Crippen LogP contribution < -0.4 is 16.8 Å². The highest BCUT2D eigenvalue weighted by Gasteiger charge is 2.24. The van der Waals surface area contributed by atoms with Crippen LogP contribution in [0.2, 0.25) is 0 Å². The Morgan fingerprint density at radius 1 is 1.28 bits per heavy atom. The van der Waals surface area contributed by atoms with Crippen molar-refractivity contribution in [3.63, 3.8) is 0 Å². The van der Waals surface area contributed by atoms with Gasteiger partial charge in [0, 0.05) is 13.0 Å². The zero-order valence-corrected chi connectivity index (χ0v) is 10.5. The number of carbonyl (C=O) groups is 3. The molecule has 2 amide bonds. The minimum absolute atomic E-state index is 0.0141. The average molecular weight is 259 g/mol. The second-order valence-electron chi connectivity index (χ2n) is 4.13. The molecular weight excluding hydrogens is 238 g/mol. The number of hydrogen-bond donors (Lipinski definition) is 4. The molecule has 0 heterocycles. The fraction of sp³-hybridized carbons (Fsp3) is 0.727. The van der Waals surface area contributed by atoms with Crippen LogP contribution in [0.25, 0.3) is 0 Å². The van der Waals surface area contributed by atoms with Gasteiger partial charge in [-0.25, -0.2) is 4.79 Å². The van der Waals surface area contributed by atoms with E-state index in [1.807, 2.05) is 6.92 Å². The van der Waals surface area contributed by atoms with Gasteiger partial charge in [0.05, 0.1) is 5.92 Å². The second-order valence-corrected chi connectivity index (χ2v) is 4.13. The first-order valence-corrected chi connectivity index (χ1v) is 5.93. The number of rotatable bonds is 9. The van der Waals surface area contributed by atoms with E-state index in [9.17, 15) is 14.4 Å². The van der Waals surface area contributed by atoms with E-state index < -0.39 is 29.7 Å². The largest absolute Gasteiger partial charge is 0.480 e. The molecule has 0 aliphatic rings. The molecule has 0 aromatic carbocycles. The topological polar surface area (TPSA) is 136 Å². The third-order valence-corrected chi connectivity index (χ3v) is 2.59. The quantitative estimate of drug-likeness (QED) is 0.429. The van der Waals surface area contributed by atoms with Gasteiger partial charge in [-0.2, -0.15) is 0 Å². The molecule has 0 bridgehead atoms. The number of nitrogens with one attached hydrogen (secondary N) is 1. The van der Waals surface area contributed by atoms with Crippen LogP contribution in [0, 0.1) is 5.92 Å². The predicted octanol–water partition coefficient (Wildman–Crippen LogP) is -0.804. The van der Waals surface area contributed by atoms with Gasteiger partial charge in [0.1, 0.15) is 6.04 Å². The van der Waals surface area contributed by atoms with Crippen LogP contribution in [0.4, 0.5) is 0 Å². The predicted molar refractivity (Wildman–Crippen MR) is 65.4 cm³/mol. The number of amides is 2. The molecule has 0 aromatic rings. The van der Waals surface area contributed by atoms with Gasteiger partial charge in [-0.15, -0.1) is 0 Å². The SMILES string of the molecule is CCCC(CN)C(=O)N[C@H](CCC(N)=O)C(=O)O. The van der Waals surface area contributed by atoms with Crippen molar-refractivity contribution in [1.82, 2.24) is 5.32 Å². The molecule has 7 heteroatoms. The minimum Gasteiger partial charge on any atom is -0.480 e. The average Bonchev–Trinajstić information content (AvgIpc) is 2.30. The van der Waals surface area contributed by atoms with E-state index in [4.69, 9.17) is 16.6 Å². The molecule has 0 rings (SSSR count). The lowest BCUT2D eigenvalue weighted by molar-refractivity contribution is -0.142. The summed E-state index contributed by atoms with van der Waals surface area (Å²) in [6, 6.07) is -1.10. The van der Waals surface area contributed by atoms with Crippen molar-refractivity contribution in [3.05, 3.63) is 0 Å². The third-order valence-electron chi connectivity index (χ3n) is 2.59. The number of aliphatic carboxylic acids is 1. The maximum atomic E-state index is 11.8. The van der Waals surface area contributed by atoms with Crippen LogP contribution in [-0.2, 0) is 14.4 Å². The van der Waals surface area contributed by atoms with E-state index in [0.29, 0.717) is 6.42 Å². The van der Waals surface area contributed by atoms with Crippen LogP contribution >= 0.6 is 0 Å². The number of hydrogen-bond acceptors (Lipinski definition) is 4. The summed E-state index contributed by atoms with van der Waals surface area (Å²) in [6.07, 6.45) is 1.29. The molecule has 2 atom stereocenters. The maximum Gasteiger partial charge on any atom is 0.326 e. The zero-order chi connectivity index (χ0) is 14.1. The highest BCUT2D eigenvalue weighted by molar-refractivity contribution is 5.85. The van der Waals surface area contributed by atoms with Crippen molar-refractivity contribution in [2.75, 3.05) is 6.54 Å². The van der Waals surface area contributed by atoms with Gasteiger partial charge >= 0.3 is 5.97 Å². The molecule has 0 aromatic heterocycles. The summed E-state index contributed by atoms with van der Waals surface area (Å²) in [5.41, 5.74) is 10.4. The molecule has 6 N–H and O–H groups in total. The van der Waals surface area contributed by atoms with Gasteiger partial charge in [-0.05, 0) is 12.8 Å². The number of primary amides is 1. The second kappa shape index (κ2) is 8.46. The summed E-state index contributed by atoms with van der Waals surface area (Å²) in [5, 5.41) is 11.3. The number of nitrogens with two attached hydrogens (primary N) is 2. The van der Waals surface area contributed by atoms with Gasteiger partial charge in [-0.1, -0.05) is 13.3 Å². The Morgan fingerprint density at radius 2 is 1.89 bits per heavy atom. The highest BCUT2D eigenvalue weighted by Crippen LogP contribution is 2.06. The van der Waals surface area contributed by atoms with Crippen LogP contribution in [-0.4, -0.2) is 35.5 Å². The lowest BCUT2D eigenvalue weighted by atomic mass is 10.0.